The van der Waals surface area contributed by atoms with Gasteiger partial charge in [-0.3, -0.25) is 4.79 Å². The zero-order valence-corrected chi connectivity index (χ0v) is 16.3. The highest BCUT2D eigenvalue weighted by Gasteiger charge is 2.28. The second kappa shape index (κ2) is 9.97. The maximum atomic E-state index is 11.9. The van der Waals surface area contributed by atoms with Crippen molar-refractivity contribution in [3.8, 4) is 0 Å². The maximum Gasteiger partial charge on any atom is 0.224 e. The molecule has 6 nitrogen and oxygen atoms in total. The quantitative estimate of drug-likeness (QED) is 0.551. The lowest BCUT2D eigenvalue weighted by Gasteiger charge is -2.41. The van der Waals surface area contributed by atoms with Crippen LogP contribution in [0.5, 0.6) is 0 Å². The zero-order valence-electron chi connectivity index (χ0n) is 15.6. The summed E-state index contributed by atoms with van der Waals surface area (Å²) < 4.78 is 5.41. The summed E-state index contributed by atoms with van der Waals surface area (Å²) in [6.45, 7) is 3.78. The Balaban J connectivity index is 1.59. The summed E-state index contributed by atoms with van der Waals surface area (Å²) in [5.74, 6) is 0.588. The molecule has 7 heteroatoms. The van der Waals surface area contributed by atoms with E-state index in [2.05, 4.69) is 16.3 Å². The SMILES string of the molecule is O=C(CCCCCl)Nc1ccc(N2CCC=C(N3CCOCC3)C2O)cc1. The molecule has 0 spiro atoms. The molecule has 27 heavy (non-hydrogen) atoms. The fourth-order valence-electron chi connectivity index (χ4n) is 3.46. The Morgan fingerprint density at radius 3 is 2.63 bits per heavy atom. The Bertz CT molecular complexity index is 644. The first kappa shape index (κ1) is 20.0. The number of aliphatic hydroxyl groups excluding tert-OH is 1. The molecule has 148 valence electrons. The minimum Gasteiger partial charge on any atom is -0.378 e. The number of ether oxygens (including phenoxy) is 1. The molecule has 2 aliphatic heterocycles. The third kappa shape index (κ3) is 5.37. The van der Waals surface area contributed by atoms with Crippen molar-refractivity contribution in [2.75, 3.05) is 48.9 Å². The summed E-state index contributed by atoms with van der Waals surface area (Å²) in [6, 6.07) is 7.65. The largest absolute Gasteiger partial charge is 0.378 e. The first-order chi connectivity index (χ1) is 13.2. The summed E-state index contributed by atoms with van der Waals surface area (Å²) in [7, 11) is 0. The Morgan fingerprint density at radius 1 is 1.19 bits per heavy atom. The van der Waals surface area contributed by atoms with Gasteiger partial charge in [0.2, 0.25) is 5.91 Å². The molecule has 0 bridgehead atoms. The first-order valence-corrected chi connectivity index (χ1v) is 10.2. The Hall–Kier alpha value is -1.76. The fourth-order valence-corrected chi connectivity index (χ4v) is 3.65. The van der Waals surface area contributed by atoms with Gasteiger partial charge in [0.15, 0.2) is 6.23 Å². The zero-order chi connectivity index (χ0) is 19.1. The van der Waals surface area contributed by atoms with Crippen LogP contribution in [0.4, 0.5) is 11.4 Å². The number of carbonyl (C=O) groups excluding carboxylic acids is 1. The van der Waals surface area contributed by atoms with Crippen molar-refractivity contribution in [2.45, 2.75) is 31.9 Å². The number of unbranched alkanes of at least 4 members (excludes halogenated alkanes) is 1. The highest BCUT2D eigenvalue weighted by molar-refractivity contribution is 6.17. The molecule has 0 radical (unpaired) electrons. The van der Waals surface area contributed by atoms with Crippen LogP contribution in [0.3, 0.4) is 0 Å². The molecule has 0 aliphatic carbocycles. The second-order valence-electron chi connectivity index (χ2n) is 6.83. The molecule has 1 atom stereocenters. The average molecular weight is 394 g/mol. The van der Waals surface area contributed by atoms with E-state index in [-0.39, 0.29) is 5.91 Å². The van der Waals surface area contributed by atoms with Gasteiger partial charge in [0, 0.05) is 43.3 Å². The minimum atomic E-state index is -0.659. The summed E-state index contributed by atoms with van der Waals surface area (Å²) >= 11 is 5.64. The number of morpholine rings is 1. The van der Waals surface area contributed by atoms with Crippen LogP contribution in [0.1, 0.15) is 25.7 Å². The lowest BCUT2D eigenvalue weighted by molar-refractivity contribution is -0.116. The van der Waals surface area contributed by atoms with E-state index in [1.165, 1.54) is 0 Å². The van der Waals surface area contributed by atoms with E-state index in [0.717, 1.165) is 56.0 Å². The van der Waals surface area contributed by atoms with Crippen molar-refractivity contribution < 1.29 is 14.6 Å². The smallest absolute Gasteiger partial charge is 0.224 e. The van der Waals surface area contributed by atoms with Gasteiger partial charge >= 0.3 is 0 Å². The molecule has 1 fully saturated rings. The Morgan fingerprint density at radius 2 is 1.93 bits per heavy atom. The predicted octanol–water partition coefficient (Wildman–Crippen LogP) is 2.78. The highest BCUT2D eigenvalue weighted by atomic mass is 35.5. The Labute approximate surface area is 165 Å². The van der Waals surface area contributed by atoms with E-state index in [4.69, 9.17) is 16.3 Å². The van der Waals surface area contributed by atoms with Crippen LogP contribution >= 0.6 is 11.6 Å². The third-order valence-corrected chi connectivity index (χ3v) is 5.20. The van der Waals surface area contributed by atoms with Gasteiger partial charge in [-0.25, -0.2) is 0 Å². The normalized spacial score (nSPS) is 20.4. The van der Waals surface area contributed by atoms with E-state index in [1.54, 1.807) is 0 Å². The molecule has 1 aromatic carbocycles. The number of halogens is 1. The molecular weight excluding hydrogens is 366 g/mol. The molecule has 1 saturated heterocycles. The van der Waals surface area contributed by atoms with Crippen molar-refractivity contribution >= 4 is 28.9 Å². The molecule has 3 rings (SSSR count). The lowest BCUT2D eigenvalue weighted by atomic mass is 10.1. The van der Waals surface area contributed by atoms with Crippen molar-refractivity contribution in [3.63, 3.8) is 0 Å². The van der Waals surface area contributed by atoms with Crippen molar-refractivity contribution in [1.29, 1.82) is 0 Å². The highest BCUT2D eigenvalue weighted by Crippen LogP contribution is 2.27. The number of alkyl halides is 1. The molecule has 0 saturated carbocycles. The summed E-state index contributed by atoms with van der Waals surface area (Å²) in [5.41, 5.74) is 2.67. The molecule has 2 N–H and O–H groups in total. The third-order valence-electron chi connectivity index (χ3n) is 4.93. The van der Waals surface area contributed by atoms with Crippen LogP contribution in [-0.2, 0) is 9.53 Å². The van der Waals surface area contributed by atoms with Crippen LogP contribution in [-0.4, -0.2) is 60.9 Å². The molecule has 2 heterocycles. The molecule has 1 unspecified atom stereocenters. The molecular formula is C20H28ClN3O3. The van der Waals surface area contributed by atoms with E-state index < -0.39 is 6.23 Å². The van der Waals surface area contributed by atoms with Crippen LogP contribution < -0.4 is 10.2 Å². The summed E-state index contributed by atoms with van der Waals surface area (Å²) in [6.07, 6.45) is 4.48. The number of nitrogens with zero attached hydrogens (tertiary/aromatic N) is 2. The summed E-state index contributed by atoms with van der Waals surface area (Å²) in [4.78, 5) is 16.1. The number of anilines is 2. The van der Waals surface area contributed by atoms with Crippen LogP contribution in [0.15, 0.2) is 36.0 Å². The number of aliphatic hydroxyl groups is 1. The van der Waals surface area contributed by atoms with Gasteiger partial charge in [0.25, 0.3) is 0 Å². The number of amides is 1. The Kier molecular flexibility index (Phi) is 7.38. The van der Waals surface area contributed by atoms with Crippen molar-refractivity contribution in [3.05, 3.63) is 36.0 Å². The number of benzene rings is 1. The van der Waals surface area contributed by atoms with E-state index in [1.807, 2.05) is 29.2 Å². The van der Waals surface area contributed by atoms with Gasteiger partial charge in [-0.05, 0) is 43.5 Å². The molecule has 1 aromatic rings. The van der Waals surface area contributed by atoms with Crippen LogP contribution in [0.2, 0.25) is 0 Å². The van der Waals surface area contributed by atoms with E-state index in [9.17, 15) is 9.90 Å². The van der Waals surface area contributed by atoms with Gasteiger partial charge in [-0.15, -0.1) is 11.6 Å². The van der Waals surface area contributed by atoms with E-state index >= 15 is 0 Å². The van der Waals surface area contributed by atoms with Gasteiger partial charge < -0.3 is 25.0 Å². The monoisotopic (exact) mass is 393 g/mol. The molecule has 0 aromatic heterocycles. The number of nitrogens with one attached hydrogen (secondary N) is 1. The van der Waals surface area contributed by atoms with Gasteiger partial charge in [-0.1, -0.05) is 6.08 Å². The number of hydrogen-bond donors (Lipinski definition) is 2. The fraction of sp³-hybridized carbons (Fsp3) is 0.550. The first-order valence-electron chi connectivity index (χ1n) is 9.62. The number of carbonyl (C=O) groups is 1. The van der Waals surface area contributed by atoms with Gasteiger partial charge in [0.1, 0.15) is 0 Å². The van der Waals surface area contributed by atoms with Gasteiger partial charge in [-0.2, -0.15) is 0 Å². The van der Waals surface area contributed by atoms with Crippen molar-refractivity contribution in [1.82, 2.24) is 4.90 Å². The molecule has 2 aliphatic rings. The number of hydrogen-bond acceptors (Lipinski definition) is 5. The predicted molar refractivity (Wildman–Crippen MR) is 108 cm³/mol. The van der Waals surface area contributed by atoms with Crippen LogP contribution in [0, 0.1) is 0 Å². The van der Waals surface area contributed by atoms with Gasteiger partial charge in [0.05, 0.1) is 18.9 Å². The van der Waals surface area contributed by atoms with E-state index in [0.29, 0.717) is 25.5 Å². The van der Waals surface area contributed by atoms with Crippen molar-refractivity contribution in [2.24, 2.45) is 0 Å². The molecule has 1 amide bonds. The number of rotatable bonds is 7. The maximum absolute atomic E-state index is 11.9. The van der Waals surface area contributed by atoms with Crippen LogP contribution in [0.25, 0.3) is 0 Å². The standard InChI is InChI=1S/C20H28ClN3O3/c21-10-2-1-5-19(25)22-16-6-8-17(9-7-16)24-11-3-4-18(20(24)26)23-12-14-27-15-13-23/h4,6-9,20,26H,1-3,5,10-15H2,(H,22,25). The topological polar surface area (TPSA) is 65.0 Å². The second-order valence-corrected chi connectivity index (χ2v) is 7.20. The minimum absolute atomic E-state index is 0.00316. The summed E-state index contributed by atoms with van der Waals surface area (Å²) in [5, 5.41) is 13.8. The average Bonchev–Trinajstić information content (AvgIpc) is 2.70. The lowest BCUT2D eigenvalue weighted by Crippen LogP contribution is -2.48.